The average molecular weight is 336 g/mol. The molecule has 0 aliphatic carbocycles. The van der Waals surface area contributed by atoms with Crippen molar-refractivity contribution in [2.45, 2.75) is 0 Å². The van der Waals surface area contributed by atoms with Gasteiger partial charge in [0.15, 0.2) is 0 Å². The highest BCUT2D eigenvalue weighted by Crippen LogP contribution is 2.29. The molecule has 2 nitrogen and oxygen atoms in total. The van der Waals surface area contributed by atoms with Gasteiger partial charge >= 0.3 is 0 Å². The third kappa shape index (κ3) is 2.72. The summed E-state index contributed by atoms with van der Waals surface area (Å²) in [5.74, 6) is 0.562. The third-order valence-electron chi connectivity index (χ3n) is 2.89. The lowest BCUT2D eigenvalue weighted by molar-refractivity contribution is 1.41. The summed E-state index contributed by atoms with van der Waals surface area (Å²) in [6.07, 6.45) is 0. The zero-order valence-electron chi connectivity index (χ0n) is 10.0. The van der Waals surface area contributed by atoms with Crippen LogP contribution in [0.3, 0.4) is 0 Å². The van der Waals surface area contributed by atoms with Crippen LogP contribution in [0.1, 0.15) is 0 Å². The second-order valence-corrected chi connectivity index (χ2v) is 5.04. The Morgan fingerprint density at radius 1 is 0.947 bits per heavy atom. The molecular formula is C15H12BrClN2. The van der Waals surface area contributed by atoms with Crippen molar-refractivity contribution in [3.63, 3.8) is 0 Å². The van der Waals surface area contributed by atoms with E-state index in [4.69, 9.17) is 5.73 Å². The van der Waals surface area contributed by atoms with Crippen LogP contribution in [-0.4, -0.2) is 4.98 Å². The first-order chi connectivity index (χ1) is 8.74. The topological polar surface area (TPSA) is 38.9 Å². The highest BCUT2D eigenvalue weighted by molar-refractivity contribution is 9.10. The van der Waals surface area contributed by atoms with Gasteiger partial charge in [-0.2, -0.15) is 0 Å². The van der Waals surface area contributed by atoms with Crippen LogP contribution in [0, 0.1) is 0 Å². The lowest BCUT2D eigenvalue weighted by atomic mass is 10.0. The van der Waals surface area contributed by atoms with E-state index in [1.807, 2.05) is 48.5 Å². The smallest absolute Gasteiger partial charge is 0.131 e. The van der Waals surface area contributed by atoms with Crippen molar-refractivity contribution >= 4 is 45.1 Å². The van der Waals surface area contributed by atoms with E-state index in [9.17, 15) is 0 Å². The summed E-state index contributed by atoms with van der Waals surface area (Å²) in [5.41, 5.74) is 9.01. The van der Waals surface area contributed by atoms with E-state index in [-0.39, 0.29) is 12.4 Å². The lowest BCUT2D eigenvalue weighted by Gasteiger charge is -2.07. The Hall–Kier alpha value is -1.58. The van der Waals surface area contributed by atoms with Crippen molar-refractivity contribution in [3.8, 4) is 11.1 Å². The summed E-state index contributed by atoms with van der Waals surface area (Å²) in [4.78, 5) is 4.46. The van der Waals surface area contributed by atoms with E-state index in [0.717, 1.165) is 26.5 Å². The van der Waals surface area contributed by atoms with Gasteiger partial charge in [0.25, 0.3) is 0 Å². The van der Waals surface area contributed by atoms with E-state index in [1.165, 1.54) is 0 Å². The van der Waals surface area contributed by atoms with Crippen molar-refractivity contribution in [1.82, 2.24) is 4.98 Å². The first-order valence-electron chi connectivity index (χ1n) is 5.65. The van der Waals surface area contributed by atoms with Gasteiger partial charge in [-0.1, -0.05) is 52.3 Å². The fourth-order valence-electron chi connectivity index (χ4n) is 2.00. The number of nitrogens with zero attached hydrogens (tertiary/aromatic N) is 1. The maximum Gasteiger partial charge on any atom is 0.131 e. The summed E-state index contributed by atoms with van der Waals surface area (Å²) in [6.45, 7) is 0. The average Bonchev–Trinajstić information content (AvgIpc) is 2.39. The highest BCUT2D eigenvalue weighted by Gasteiger charge is 2.06. The summed E-state index contributed by atoms with van der Waals surface area (Å²) >= 11 is 3.44. The normalized spacial score (nSPS) is 10.2. The molecule has 1 heterocycles. The molecule has 0 unspecified atom stereocenters. The minimum atomic E-state index is 0. The molecule has 0 fully saturated rings. The molecule has 96 valence electrons. The van der Waals surface area contributed by atoms with E-state index >= 15 is 0 Å². The number of rotatable bonds is 1. The number of halogens is 2. The van der Waals surface area contributed by atoms with Gasteiger partial charge in [-0.25, -0.2) is 4.98 Å². The number of hydrogen-bond acceptors (Lipinski definition) is 2. The molecule has 2 aromatic carbocycles. The monoisotopic (exact) mass is 334 g/mol. The van der Waals surface area contributed by atoms with E-state index in [0.29, 0.717) is 5.82 Å². The predicted octanol–water partition coefficient (Wildman–Crippen LogP) is 4.67. The minimum absolute atomic E-state index is 0. The van der Waals surface area contributed by atoms with Crippen molar-refractivity contribution in [1.29, 1.82) is 0 Å². The molecule has 3 aromatic rings. The molecule has 0 spiro atoms. The summed E-state index contributed by atoms with van der Waals surface area (Å²) in [7, 11) is 0. The molecule has 0 saturated heterocycles. The molecule has 1 aromatic heterocycles. The Morgan fingerprint density at radius 2 is 1.68 bits per heavy atom. The summed E-state index contributed by atoms with van der Waals surface area (Å²) in [6, 6.07) is 18.2. The van der Waals surface area contributed by atoms with Gasteiger partial charge in [-0.15, -0.1) is 12.4 Å². The van der Waals surface area contributed by atoms with E-state index in [2.05, 4.69) is 27.0 Å². The van der Waals surface area contributed by atoms with Crippen LogP contribution in [-0.2, 0) is 0 Å². The van der Waals surface area contributed by atoms with Crippen molar-refractivity contribution in [2.24, 2.45) is 0 Å². The Morgan fingerprint density at radius 3 is 2.42 bits per heavy atom. The maximum absolute atomic E-state index is 6.04. The van der Waals surface area contributed by atoms with Gasteiger partial charge < -0.3 is 5.73 Å². The molecule has 0 radical (unpaired) electrons. The standard InChI is InChI=1S/C15H11BrN2.ClH/c16-12-7-6-11-8-13(10-4-2-1-3-5-10)15(17)18-14(11)9-12;/h1-9H,(H2,17,18);1H. The number of nitrogens with two attached hydrogens (primary N) is 1. The Kier molecular flexibility index (Phi) is 4.08. The second kappa shape index (κ2) is 5.59. The number of aromatic nitrogens is 1. The zero-order valence-corrected chi connectivity index (χ0v) is 12.4. The van der Waals surface area contributed by atoms with Gasteiger partial charge in [0.1, 0.15) is 5.82 Å². The summed E-state index contributed by atoms with van der Waals surface area (Å²) < 4.78 is 1.01. The Labute approximate surface area is 126 Å². The maximum atomic E-state index is 6.04. The summed E-state index contributed by atoms with van der Waals surface area (Å²) in [5, 5.41) is 1.09. The van der Waals surface area contributed by atoms with E-state index in [1.54, 1.807) is 0 Å². The molecule has 0 aliphatic heterocycles. The van der Waals surface area contributed by atoms with Crippen LogP contribution in [0.15, 0.2) is 59.1 Å². The Balaban J connectivity index is 0.00000133. The van der Waals surface area contributed by atoms with Crippen LogP contribution < -0.4 is 5.73 Å². The highest BCUT2D eigenvalue weighted by atomic mass is 79.9. The molecule has 2 N–H and O–H groups in total. The van der Waals surface area contributed by atoms with Gasteiger partial charge in [-0.05, 0) is 23.8 Å². The quantitative estimate of drug-likeness (QED) is 0.702. The van der Waals surface area contributed by atoms with Gasteiger partial charge in [-0.3, -0.25) is 0 Å². The van der Waals surface area contributed by atoms with Crippen LogP contribution in [0.4, 0.5) is 5.82 Å². The molecule has 0 amide bonds. The Bertz CT molecular complexity index is 714. The number of hydrogen-bond donors (Lipinski definition) is 1. The van der Waals surface area contributed by atoms with Crippen molar-refractivity contribution < 1.29 is 0 Å². The zero-order chi connectivity index (χ0) is 12.5. The molecule has 19 heavy (non-hydrogen) atoms. The SMILES string of the molecule is Cl.Nc1nc2cc(Br)ccc2cc1-c1ccccc1. The molecule has 0 saturated carbocycles. The van der Waals surface area contributed by atoms with Crippen molar-refractivity contribution in [2.75, 3.05) is 5.73 Å². The number of nitrogen functional groups attached to an aromatic ring is 1. The number of anilines is 1. The van der Waals surface area contributed by atoms with Crippen LogP contribution >= 0.6 is 28.3 Å². The fourth-order valence-corrected chi connectivity index (χ4v) is 2.35. The predicted molar refractivity (Wildman–Crippen MR) is 86.5 cm³/mol. The van der Waals surface area contributed by atoms with Crippen LogP contribution in [0.25, 0.3) is 22.0 Å². The molecular weight excluding hydrogens is 324 g/mol. The minimum Gasteiger partial charge on any atom is -0.383 e. The number of benzene rings is 2. The molecule has 0 bridgehead atoms. The molecule has 4 heteroatoms. The largest absolute Gasteiger partial charge is 0.383 e. The first kappa shape index (κ1) is 13.8. The van der Waals surface area contributed by atoms with Gasteiger partial charge in [0.05, 0.1) is 5.52 Å². The fraction of sp³-hybridized carbons (Fsp3) is 0. The van der Waals surface area contributed by atoms with Gasteiger partial charge in [0, 0.05) is 15.4 Å². The van der Waals surface area contributed by atoms with Crippen LogP contribution in [0.2, 0.25) is 0 Å². The third-order valence-corrected chi connectivity index (χ3v) is 3.39. The second-order valence-electron chi connectivity index (χ2n) is 4.12. The van der Waals surface area contributed by atoms with Crippen LogP contribution in [0.5, 0.6) is 0 Å². The van der Waals surface area contributed by atoms with Crippen molar-refractivity contribution in [3.05, 3.63) is 59.1 Å². The van der Waals surface area contributed by atoms with Gasteiger partial charge in [0.2, 0.25) is 0 Å². The number of fused-ring (bicyclic) bond motifs is 1. The molecule has 0 atom stereocenters. The van der Waals surface area contributed by atoms with E-state index < -0.39 is 0 Å². The molecule has 0 aliphatic rings. The molecule has 3 rings (SSSR count). The number of pyridine rings is 1. The lowest BCUT2D eigenvalue weighted by Crippen LogP contribution is -1.95. The first-order valence-corrected chi connectivity index (χ1v) is 6.44.